The number of fused-ring (bicyclic) bond motifs is 1. The van der Waals surface area contributed by atoms with E-state index in [0.717, 1.165) is 6.42 Å². The Bertz CT molecular complexity index is 1250. The minimum Gasteiger partial charge on any atom is -0.455 e. The molecule has 0 spiro atoms. The number of halogens is 3. The van der Waals surface area contributed by atoms with E-state index in [1.54, 1.807) is 19.1 Å². The van der Waals surface area contributed by atoms with Crippen molar-refractivity contribution in [3.8, 4) is 0 Å². The van der Waals surface area contributed by atoms with Gasteiger partial charge in [0.05, 0.1) is 22.0 Å². The van der Waals surface area contributed by atoms with E-state index in [9.17, 15) is 14.0 Å². The number of aryl methyl sites for hydroxylation is 1. The number of carbonyl (C=O) groups excluding carboxylic acids is 2. The third-order valence-electron chi connectivity index (χ3n) is 5.12. The first kappa shape index (κ1) is 22.0. The largest absolute Gasteiger partial charge is 0.455 e. The quantitative estimate of drug-likeness (QED) is 0.472. The minimum atomic E-state index is -0.557. The van der Waals surface area contributed by atoms with Crippen LogP contribution in [-0.2, 0) is 6.42 Å². The number of nitrogens with zero attached hydrogens (tertiary/aromatic N) is 1. The van der Waals surface area contributed by atoms with Gasteiger partial charge in [0.2, 0.25) is 0 Å². The number of amides is 2. The highest BCUT2D eigenvalue weighted by atomic mass is 35.5. The van der Waals surface area contributed by atoms with E-state index in [4.69, 9.17) is 27.6 Å². The zero-order chi connectivity index (χ0) is 22.8. The van der Waals surface area contributed by atoms with E-state index in [1.807, 2.05) is 0 Å². The summed E-state index contributed by atoms with van der Waals surface area (Å²) >= 11 is 12.0. The number of carbonyl (C=O) groups is 2. The fraction of sp³-hybridized carbons (Fsp3) is 0.174. The highest BCUT2D eigenvalue weighted by molar-refractivity contribution is 6.36. The molecule has 0 aliphatic heterocycles. The van der Waals surface area contributed by atoms with Crippen molar-refractivity contribution in [2.24, 2.45) is 5.10 Å². The van der Waals surface area contributed by atoms with Crippen LogP contribution in [0.4, 0.5) is 10.1 Å². The fourth-order valence-corrected chi connectivity index (χ4v) is 4.08. The van der Waals surface area contributed by atoms with Crippen LogP contribution in [0.2, 0.25) is 10.0 Å². The van der Waals surface area contributed by atoms with Crippen LogP contribution in [0.5, 0.6) is 0 Å². The van der Waals surface area contributed by atoms with Crippen LogP contribution in [0.1, 0.15) is 50.6 Å². The van der Waals surface area contributed by atoms with Gasteiger partial charge in [-0.15, -0.1) is 0 Å². The highest BCUT2D eigenvalue weighted by Crippen LogP contribution is 2.30. The van der Waals surface area contributed by atoms with Gasteiger partial charge in [0, 0.05) is 22.6 Å². The standard InChI is InChI=1S/C23H18Cl2FN3O3/c1-12-20-18(28-29-22(30)14-10-9-13(24)11-15(14)25)7-4-8-19(20)32-21(12)23(31)27-17-6-3-2-5-16(17)26/h2-3,5-6,9-11H,4,7-8H2,1H3,(H,27,31)(H,29,30)/b28-18+. The van der Waals surface area contributed by atoms with E-state index in [-0.39, 0.29) is 22.0 Å². The Morgan fingerprint density at radius 1 is 1.09 bits per heavy atom. The molecule has 1 aliphatic carbocycles. The van der Waals surface area contributed by atoms with Gasteiger partial charge in [0.1, 0.15) is 11.6 Å². The summed E-state index contributed by atoms with van der Waals surface area (Å²) in [5.41, 5.74) is 4.66. The summed E-state index contributed by atoms with van der Waals surface area (Å²) in [7, 11) is 0. The van der Waals surface area contributed by atoms with Gasteiger partial charge in [0.25, 0.3) is 11.8 Å². The molecular weight excluding hydrogens is 456 g/mol. The van der Waals surface area contributed by atoms with Gasteiger partial charge in [-0.2, -0.15) is 5.10 Å². The van der Waals surface area contributed by atoms with Gasteiger partial charge in [-0.3, -0.25) is 9.59 Å². The van der Waals surface area contributed by atoms with E-state index >= 15 is 0 Å². The molecule has 2 N–H and O–H groups in total. The van der Waals surface area contributed by atoms with Crippen molar-refractivity contribution in [3.05, 3.63) is 86.5 Å². The number of hydrogen-bond acceptors (Lipinski definition) is 4. The lowest BCUT2D eigenvalue weighted by molar-refractivity contribution is 0.0953. The van der Waals surface area contributed by atoms with Crippen LogP contribution in [-0.4, -0.2) is 17.5 Å². The van der Waals surface area contributed by atoms with Gasteiger partial charge < -0.3 is 9.73 Å². The lowest BCUT2D eigenvalue weighted by atomic mass is 9.93. The zero-order valence-electron chi connectivity index (χ0n) is 17.0. The van der Waals surface area contributed by atoms with Crippen molar-refractivity contribution in [3.63, 3.8) is 0 Å². The Kier molecular flexibility index (Phi) is 6.30. The van der Waals surface area contributed by atoms with Gasteiger partial charge in [-0.05, 0) is 50.1 Å². The van der Waals surface area contributed by atoms with E-state index in [2.05, 4.69) is 15.8 Å². The average Bonchev–Trinajstić information content (AvgIpc) is 3.11. The predicted molar refractivity (Wildman–Crippen MR) is 121 cm³/mol. The molecule has 1 aromatic heterocycles. The molecule has 0 saturated heterocycles. The molecule has 1 aliphatic rings. The van der Waals surface area contributed by atoms with Crippen molar-refractivity contribution in [2.45, 2.75) is 26.2 Å². The van der Waals surface area contributed by atoms with Crippen LogP contribution in [0.25, 0.3) is 0 Å². The molecule has 164 valence electrons. The second-order valence-electron chi connectivity index (χ2n) is 7.27. The molecule has 9 heteroatoms. The Morgan fingerprint density at radius 3 is 2.62 bits per heavy atom. The number of furan rings is 1. The second kappa shape index (κ2) is 9.14. The summed E-state index contributed by atoms with van der Waals surface area (Å²) in [6.45, 7) is 1.73. The van der Waals surface area contributed by atoms with Crippen LogP contribution in [0.3, 0.4) is 0 Å². The third kappa shape index (κ3) is 4.40. The fourth-order valence-electron chi connectivity index (χ4n) is 3.59. The molecule has 0 fully saturated rings. The summed E-state index contributed by atoms with van der Waals surface area (Å²) in [4.78, 5) is 25.2. The first-order chi connectivity index (χ1) is 15.3. The molecule has 2 amide bonds. The number of para-hydroxylation sites is 1. The van der Waals surface area contributed by atoms with Crippen LogP contribution in [0, 0.1) is 12.7 Å². The number of hydrazone groups is 1. The van der Waals surface area contributed by atoms with Crippen LogP contribution < -0.4 is 10.7 Å². The number of anilines is 1. The summed E-state index contributed by atoms with van der Waals surface area (Å²) < 4.78 is 19.7. The Morgan fingerprint density at radius 2 is 1.88 bits per heavy atom. The smallest absolute Gasteiger partial charge is 0.291 e. The summed E-state index contributed by atoms with van der Waals surface area (Å²) in [6, 6.07) is 10.4. The molecule has 4 rings (SSSR count). The molecule has 2 aromatic carbocycles. The van der Waals surface area contributed by atoms with E-state index in [1.165, 1.54) is 30.3 Å². The topological polar surface area (TPSA) is 83.7 Å². The molecule has 32 heavy (non-hydrogen) atoms. The molecular formula is C23H18Cl2FN3O3. The van der Waals surface area contributed by atoms with E-state index < -0.39 is 17.6 Å². The molecule has 0 radical (unpaired) electrons. The predicted octanol–water partition coefficient (Wildman–Crippen LogP) is 5.76. The second-order valence-corrected chi connectivity index (χ2v) is 8.11. The van der Waals surface area contributed by atoms with Gasteiger partial charge >= 0.3 is 0 Å². The van der Waals surface area contributed by atoms with Gasteiger partial charge in [-0.1, -0.05) is 35.3 Å². The highest BCUT2D eigenvalue weighted by Gasteiger charge is 2.28. The summed E-state index contributed by atoms with van der Waals surface area (Å²) in [6.07, 6.45) is 1.96. The summed E-state index contributed by atoms with van der Waals surface area (Å²) in [5, 5.41) is 7.44. The SMILES string of the molecule is Cc1c(C(=O)Nc2ccccc2F)oc2c1/C(=N/NC(=O)c1ccc(Cl)cc1Cl)CCC2. The molecule has 3 aromatic rings. The monoisotopic (exact) mass is 473 g/mol. The van der Waals surface area contributed by atoms with Crippen LogP contribution in [0.15, 0.2) is 52.0 Å². The minimum absolute atomic E-state index is 0.0623. The Labute approximate surface area is 193 Å². The maximum Gasteiger partial charge on any atom is 0.291 e. The first-order valence-corrected chi connectivity index (χ1v) is 10.6. The number of rotatable bonds is 4. The molecule has 0 unspecified atom stereocenters. The molecule has 0 saturated carbocycles. The third-order valence-corrected chi connectivity index (χ3v) is 5.67. The lowest BCUT2D eigenvalue weighted by Gasteiger charge is -2.13. The summed E-state index contributed by atoms with van der Waals surface area (Å²) in [5.74, 6) is -0.895. The van der Waals surface area contributed by atoms with Gasteiger partial charge in [-0.25, -0.2) is 9.82 Å². The Hall–Kier alpha value is -3.16. The molecule has 6 nitrogen and oxygen atoms in total. The maximum atomic E-state index is 13.9. The van der Waals surface area contributed by atoms with Crippen molar-refractivity contribution >= 4 is 46.4 Å². The average molecular weight is 474 g/mol. The molecule has 1 heterocycles. The number of nitrogens with one attached hydrogen (secondary N) is 2. The van der Waals surface area contributed by atoms with Crippen LogP contribution >= 0.6 is 23.2 Å². The van der Waals surface area contributed by atoms with Gasteiger partial charge in [0.15, 0.2) is 5.76 Å². The zero-order valence-corrected chi connectivity index (χ0v) is 18.5. The number of hydrogen-bond donors (Lipinski definition) is 2. The van der Waals surface area contributed by atoms with E-state index in [0.29, 0.717) is 40.5 Å². The lowest BCUT2D eigenvalue weighted by Crippen LogP contribution is -2.22. The first-order valence-electron chi connectivity index (χ1n) is 9.85. The Balaban J connectivity index is 1.58. The maximum absolute atomic E-state index is 13.9. The number of benzene rings is 2. The normalized spacial score (nSPS) is 14.2. The molecule has 0 atom stereocenters. The van der Waals surface area contributed by atoms with Crippen molar-refractivity contribution in [2.75, 3.05) is 5.32 Å². The van der Waals surface area contributed by atoms with Crippen molar-refractivity contribution in [1.29, 1.82) is 0 Å². The van der Waals surface area contributed by atoms with Crippen molar-refractivity contribution in [1.82, 2.24) is 5.43 Å². The van der Waals surface area contributed by atoms with Crippen molar-refractivity contribution < 1.29 is 18.4 Å². The molecule has 0 bridgehead atoms.